The summed E-state index contributed by atoms with van der Waals surface area (Å²) < 4.78 is 0. The van der Waals surface area contributed by atoms with Crippen LogP contribution >= 0.6 is 0 Å². The minimum Gasteiger partial charge on any atom is -0.319 e. The minimum absolute atomic E-state index is 0.738. The molecule has 2 aromatic rings. The zero-order chi connectivity index (χ0) is 13.7. The first-order valence-electron chi connectivity index (χ1n) is 6.57. The van der Waals surface area contributed by atoms with E-state index >= 15 is 0 Å². The van der Waals surface area contributed by atoms with E-state index in [9.17, 15) is 0 Å². The van der Waals surface area contributed by atoms with Gasteiger partial charge in [-0.05, 0) is 51.1 Å². The molecular weight excluding hydrogens is 236 g/mol. The van der Waals surface area contributed by atoms with Crippen molar-refractivity contribution in [1.29, 1.82) is 0 Å². The van der Waals surface area contributed by atoms with Crippen LogP contribution < -0.4 is 5.32 Å². The van der Waals surface area contributed by atoms with E-state index in [1.54, 1.807) is 6.20 Å². The fraction of sp³-hybridized carbons (Fsp3) is 0.400. The van der Waals surface area contributed by atoms with E-state index < -0.39 is 0 Å². The Morgan fingerprint density at radius 2 is 1.89 bits per heavy atom. The van der Waals surface area contributed by atoms with E-state index in [2.05, 4.69) is 40.2 Å². The van der Waals surface area contributed by atoms with Crippen molar-refractivity contribution in [1.82, 2.24) is 20.3 Å². The quantitative estimate of drug-likeness (QED) is 0.887. The van der Waals surface area contributed by atoms with E-state index in [0.717, 1.165) is 42.2 Å². The molecule has 19 heavy (non-hydrogen) atoms. The second kappa shape index (κ2) is 6.38. The lowest BCUT2D eigenvalue weighted by Crippen LogP contribution is -2.14. The smallest absolute Gasteiger partial charge is 0.133 e. The summed E-state index contributed by atoms with van der Waals surface area (Å²) >= 11 is 0. The van der Waals surface area contributed by atoms with Crippen molar-refractivity contribution < 1.29 is 0 Å². The van der Waals surface area contributed by atoms with Crippen molar-refractivity contribution in [2.75, 3.05) is 13.6 Å². The molecule has 0 aliphatic heterocycles. The van der Waals surface area contributed by atoms with Crippen molar-refractivity contribution in [2.45, 2.75) is 26.7 Å². The number of nitrogens with one attached hydrogen (secondary N) is 1. The molecule has 4 nitrogen and oxygen atoms in total. The monoisotopic (exact) mass is 256 g/mol. The predicted octanol–water partition coefficient (Wildman–Crippen LogP) is 1.84. The second-order valence-electron chi connectivity index (χ2n) is 4.68. The van der Waals surface area contributed by atoms with Gasteiger partial charge in [0.1, 0.15) is 5.82 Å². The van der Waals surface area contributed by atoms with E-state index in [-0.39, 0.29) is 0 Å². The Morgan fingerprint density at radius 1 is 1.16 bits per heavy atom. The molecular formula is C15H20N4. The van der Waals surface area contributed by atoms with E-state index in [1.807, 2.05) is 19.3 Å². The van der Waals surface area contributed by atoms with Crippen LogP contribution in [0, 0.1) is 13.8 Å². The van der Waals surface area contributed by atoms with E-state index in [0.29, 0.717) is 0 Å². The number of rotatable bonds is 5. The number of aromatic nitrogens is 3. The lowest BCUT2D eigenvalue weighted by Gasteiger charge is -2.10. The van der Waals surface area contributed by atoms with E-state index in [1.165, 1.54) is 5.56 Å². The van der Waals surface area contributed by atoms with Crippen molar-refractivity contribution >= 4 is 0 Å². The van der Waals surface area contributed by atoms with Crippen LogP contribution in [0.5, 0.6) is 0 Å². The number of hydrogen-bond acceptors (Lipinski definition) is 4. The highest BCUT2D eigenvalue weighted by Gasteiger charge is 2.08. The van der Waals surface area contributed by atoms with Gasteiger partial charge in [-0.1, -0.05) is 6.07 Å². The molecule has 0 amide bonds. The Morgan fingerprint density at radius 3 is 2.47 bits per heavy atom. The average Bonchev–Trinajstić information content (AvgIpc) is 2.39. The topological polar surface area (TPSA) is 50.7 Å². The molecule has 100 valence electrons. The van der Waals surface area contributed by atoms with Crippen LogP contribution in [0.25, 0.3) is 0 Å². The van der Waals surface area contributed by atoms with Gasteiger partial charge >= 0.3 is 0 Å². The van der Waals surface area contributed by atoms with Crippen LogP contribution in [0.2, 0.25) is 0 Å². The number of likely N-dealkylation sites (N-methyl/N-ethyl adjacent to an activating group) is 1. The Bertz CT molecular complexity index is 514. The third-order valence-electron chi connectivity index (χ3n) is 3.18. The number of nitrogens with zero attached hydrogens (tertiary/aromatic N) is 3. The normalized spacial score (nSPS) is 10.7. The molecule has 2 rings (SSSR count). The van der Waals surface area contributed by atoms with Gasteiger partial charge in [-0.2, -0.15) is 0 Å². The maximum atomic E-state index is 4.62. The van der Waals surface area contributed by atoms with Gasteiger partial charge in [0.05, 0.1) is 0 Å². The maximum Gasteiger partial charge on any atom is 0.133 e. The first kappa shape index (κ1) is 13.6. The van der Waals surface area contributed by atoms with Crippen LogP contribution in [0.1, 0.15) is 28.3 Å². The lowest BCUT2D eigenvalue weighted by atomic mass is 10.1. The zero-order valence-electron chi connectivity index (χ0n) is 11.8. The van der Waals surface area contributed by atoms with Gasteiger partial charge in [0.15, 0.2) is 0 Å². The van der Waals surface area contributed by atoms with Crippen molar-refractivity contribution in [2.24, 2.45) is 0 Å². The molecule has 0 saturated heterocycles. The Balaban J connectivity index is 2.20. The van der Waals surface area contributed by atoms with Gasteiger partial charge < -0.3 is 5.32 Å². The van der Waals surface area contributed by atoms with Gasteiger partial charge in [0, 0.05) is 30.2 Å². The summed E-state index contributed by atoms with van der Waals surface area (Å²) in [7, 11) is 1.96. The van der Waals surface area contributed by atoms with Gasteiger partial charge in [-0.25, -0.2) is 9.97 Å². The summed E-state index contributed by atoms with van der Waals surface area (Å²) in [6.45, 7) is 5.08. The SMILES string of the molecule is CNCCc1c(C)nc(Cc2cccnc2)nc1C. The molecule has 2 aromatic heterocycles. The van der Waals surface area contributed by atoms with Crippen LogP contribution in [0.3, 0.4) is 0 Å². The zero-order valence-corrected chi connectivity index (χ0v) is 11.8. The summed E-state index contributed by atoms with van der Waals surface area (Å²) in [5.41, 5.74) is 4.57. The third-order valence-corrected chi connectivity index (χ3v) is 3.18. The van der Waals surface area contributed by atoms with Crippen molar-refractivity contribution in [3.8, 4) is 0 Å². The minimum atomic E-state index is 0.738. The van der Waals surface area contributed by atoms with Gasteiger partial charge in [0.2, 0.25) is 0 Å². The largest absolute Gasteiger partial charge is 0.319 e. The summed E-state index contributed by atoms with van der Waals surface area (Å²) in [6.07, 6.45) is 5.35. The number of pyridine rings is 1. The molecule has 0 aliphatic rings. The van der Waals surface area contributed by atoms with Crippen LogP contribution in [-0.2, 0) is 12.8 Å². The standard InChI is InChI=1S/C15H20N4/c1-11-14(6-8-16-3)12(2)19-15(18-11)9-13-5-4-7-17-10-13/h4-5,7,10,16H,6,8-9H2,1-3H3. The first-order valence-corrected chi connectivity index (χ1v) is 6.57. The van der Waals surface area contributed by atoms with Gasteiger partial charge in [-0.15, -0.1) is 0 Å². The fourth-order valence-electron chi connectivity index (χ4n) is 2.19. The molecule has 0 aliphatic carbocycles. The summed E-state index contributed by atoms with van der Waals surface area (Å²) in [6, 6.07) is 3.99. The number of aryl methyl sites for hydroxylation is 2. The van der Waals surface area contributed by atoms with Crippen LogP contribution in [0.4, 0.5) is 0 Å². The summed E-state index contributed by atoms with van der Waals surface area (Å²) in [5, 5.41) is 3.16. The molecule has 2 heterocycles. The lowest BCUT2D eigenvalue weighted by molar-refractivity contribution is 0.766. The van der Waals surface area contributed by atoms with E-state index in [4.69, 9.17) is 0 Å². The highest BCUT2D eigenvalue weighted by atomic mass is 14.9. The Hall–Kier alpha value is -1.81. The predicted molar refractivity (Wildman–Crippen MR) is 76.2 cm³/mol. The van der Waals surface area contributed by atoms with Crippen LogP contribution in [0.15, 0.2) is 24.5 Å². The fourth-order valence-corrected chi connectivity index (χ4v) is 2.19. The molecule has 0 radical (unpaired) electrons. The molecule has 0 unspecified atom stereocenters. The van der Waals surface area contributed by atoms with Gasteiger partial charge in [0.25, 0.3) is 0 Å². The second-order valence-corrected chi connectivity index (χ2v) is 4.68. The molecule has 0 bridgehead atoms. The Labute approximate surface area is 114 Å². The van der Waals surface area contributed by atoms with Crippen molar-refractivity contribution in [3.63, 3.8) is 0 Å². The molecule has 4 heteroatoms. The molecule has 0 atom stereocenters. The molecule has 0 saturated carbocycles. The number of hydrogen-bond donors (Lipinski definition) is 1. The third kappa shape index (κ3) is 3.58. The highest BCUT2D eigenvalue weighted by Crippen LogP contribution is 2.12. The molecule has 1 N–H and O–H groups in total. The molecule has 0 spiro atoms. The maximum absolute atomic E-state index is 4.62. The highest BCUT2D eigenvalue weighted by molar-refractivity contribution is 5.26. The molecule has 0 aromatic carbocycles. The van der Waals surface area contributed by atoms with Gasteiger partial charge in [-0.3, -0.25) is 4.98 Å². The molecule has 0 fully saturated rings. The summed E-state index contributed by atoms with van der Waals surface area (Å²) in [4.78, 5) is 13.4. The first-order chi connectivity index (χ1) is 9.20. The average molecular weight is 256 g/mol. The van der Waals surface area contributed by atoms with Crippen LogP contribution in [-0.4, -0.2) is 28.5 Å². The van der Waals surface area contributed by atoms with Crippen molar-refractivity contribution in [3.05, 3.63) is 52.9 Å². The summed E-state index contributed by atoms with van der Waals surface area (Å²) in [5.74, 6) is 0.871. The Kier molecular flexibility index (Phi) is 4.58.